The summed E-state index contributed by atoms with van der Waals surface area (Å²) in [4.78, 5) is 27.0. The summed E-state index contributed by atoms with van der Waals surface area (Å²) in [6, 6.07) is 3.87. The molecule has 1 N–H and O–H groups in total. The highest BCUT2D eigenvalue weighted by molar-refractivity contribution is 5.93. The Bertz CT molecular complexity index is 748. The van der Waals surface area contributed by atoms with Crippen molar-refractivity contribution in [3.05, 3.63) is 23.5 Å². The van der Waals surface area contributed by atoms with Crippen molar-refractivity contribution in [2.24, 2.45) is 0 Å². The first-order valence-electron chi connectivity index (χ1n) is 6.91. The van der Waals surface area contributed by atoms with Crippen molar-refractivity contribution in [3.63, 3.8) is 0 Å². The number of rotatable bonds is 2. The smallest absolute Gasteiger partial charge is 0.303 e. The number of esters is 1. The number of hydrogen-bond donors (Lipinski definition) is 1. The van der Waals surface area contributed by atoms with Gasteiger partial charge in [-0.3, -0.25) is 9.59 Å². The van der Waals surface area contributed by atoms with Crippen LogP contribution >= 0.6 is 0 Å². The number of amides is 1. The molecule has 1 aromatic heterocycles. The largest absolute Gasteiger partial charge is 0.454 e. The molecule has 0 saturated heterocycles. The van der Waals surface area contributed by atoms with Crippen LogP contribution in [0.1, 0.15) is 37.8 Å². The summed E-state index contributed by atoms with van der Waals surface area (Å²) in [6.45, 7) is 5.58. The predicted molar refractivity (Wildman–Crippen MR) is 77.9 cm³/mol. The van der Waals surface area contributed by atoms with E-state index >= 15 is 0 Å². The summed E-state index contributed by atoms with van der Waals surface area (Å²) in [7, 11) is 0. The van der Waals surface area contributed by atoms with Crippen molar-refractivity contribution in [1.82, 2.24) is 9.55 Å². The molecule has 2 heterocycles. The van der Waals surface area contributed by atoms with E-state index in [0.717, 1.165) is 41.1 Å². The van der Waals surface area contributed by atoms with E-state index in [-0.39, 0.29) is 18.0 Å². The molecule has 3 rings (SSSR count). The monoisotopic (exact) mass is 287 g/mol. The van der Waals surface area contributed by atoms with Crippen LogP contribution in [0.2, 0.25) is 0 Å². The maximum absolute atomic E-state index is 11.3. The van der Waals surface area contributed by atoms with Gasteiger partial charge in [-0.15, -0.1) is 0 Å². The molecule has 1 aromatic carbocycles. The molecule has 0 aliphatic carbocycles. The summed E-state index contributed by atoms with van der Waals surface area (Å²) < 4.78 is 7.35. The van der Waals surface area contributed by atoms with Gasteiger partial charge in [-0.1, -0.05) is 0 Å². The van der Waals surface area contributed by atoms with Gasteiger partial charge in [-0.2, -0.15) is 0 Å². The highest BCUT2D eigenvalue weighted by Crippen LogP contribution is 2.34. The number of aromatic nitrogens is 2. The maximum atomic E-state index is 11.3. The molecule has 0 bridgehead atoms. The zero-order valence-corrected chi connectivity index (χ0v) is 12.3. The molecular formula is C15H17N3O3. The zero-order valence-electron chi connectivity index (χ0n) is 12.3. The van der Waals surface area contributed by atoms with Gasteiger partial charge >= 0.3 is 5.97 Å². The lowest BCUT2D eigenvalue weighted by molar-refractivity contribution is -0.146. The number of ether oxygens (including phenoxy) is 1. The van der Waals surface area contributed by atoms with Crippen LogP contribution in [0.3, 0.4) is 0 Å². The number of carbonyl (C=O) groups is 2. The van der Waals surface area contributed by atoms with Gasteiger partial charge in [-0.05, 0) is 24.6 Å². The second-order valence-corrected chi connectivity index (χ2v) is 5.35. The van der Waals surface area contributed by atoms with Crippen molar-refractivity contribution in [3.8, 4) is 0 Å². The molecule has 110 valence electrons. The van der Waals surface area contributed by atoms with Crippen molar-refractivity contribution in [2.45, 2.75) is 39.8 Å². The fourth-order valence-electron chi connectivity index (χ4n) is 2.79. The minimum atomic E-state index is -0.296. The predicted octanol–water partition coefficient (Wildman–Crippen LogP) is 2.31. The Kier molecular flexibility index (Phi) is 3.16. The van der Waals surface area contributed by atoms with Crippen molar-refractivity contribution >= 4 is 28.6 Å². The van der Waals surface area contributed by atoms with Gasteiger partial charge in [0.05, 0.1) is 11.0 Å². The fourth-order valence-corrected chi connectivity index (χ4v) is 2.79. The first-order valence-corrected chi connectivity index (χ1v) is 6.91. The lowest BCUT2D eigenvalue weighted by Gasteiger charge is -2.07. The van der Waals surface area contributed by atoms with Crippen molar-refractivity contribution in [2.75, 3.05) is 5.32 Å². The molecule has 1 aliphatic rings. The van der Waals surface area contributed by atoms with E-state index in [1.165, 1.54) is 13.8 Å². The number of hydrogen-bond acceptors (Lipinski definition) is 4. The van der Waals surface area contributed by atoms with Gasteiger partial charge < -0.3 is 14.6 Å². The highest BCUT2D eigenvalue weighted by Gasteiger charge is 2.29. The van der Waals surface area contributed by atoms with Crippen LogP contribution in [0.4, 0.5) is 5.69 Å². The first-order chi connectivity index (χ1) is 9.95. The second-order valence-electron chi connectivity index (χ2n) is 5.35. The van der Waals surface area contributed by atoms with Crippen LogP contribution in [0.5, 0.6) is 0 Å². The normalized spacial score (nSPS) is 16.8. The van der Waals surface area contributed by atoms with Crippen LogP contribution in [0.25, 0.3) is 11.0 Å². The summed E-state index contributed by atoms with van der Waals surface area (Å²) in [6.07, 6.45) is 0.459. The average Bonchev–Trinajstić information content (AvgIpc) is 2.89. The van der Waals surface area contributed by atoms with E-state index in [9.17, 15) is 9.59 Å². The fraction of sp³-hybridized carbons (Fsp3) is 0.400. The Labute approximate surface area is 122 Å². The molecule has 0 fully saturated rings. The Hall–Kier alpha value is -2.37. The zero-order chi connectivity index (χ0) is 15.1. The molecule has 6 heteroatoms. The lowest BCUT2D eigenvalue weighted by Crippen LogP contribution is -2.07. The van der Waals surface area contributed by atoms with Gasteiger partial charge in [0, 0.05) is 32.5 Å². The quantitative estimate of drug-likeness (QED) is 0.860. The summed E-state index contributed by atoms with van der Waals surface area (Å²) in [5.41, 5.74) is 3.55. The molecule has 1 amide bonds. The van der Waals surface area contributed by atoms with E-state index < -0.39 is 0 Å². The molecule has 6 nitrogen and oxygen atoms in total. The SMILES string of the molecule is CC(=O)Nc1cc2c(cc1C)nc1n2CCC1OC(C)=O. The van der Waals surface area contributed by atoms with Gasteiger partial charge in [0.1, 0.15) is 0 Å². The Balaban J connectivity index is 2.07. The van der Waals surface area contributed by atoms with E-state index in [1.54, 1.807) is 0 Å². The number of carbonyl (C=O) groups excluding carboxylic acids is 2. The molecule has 0 radical (unpaired) electrons. The number of fused-ring (bicyclic) bond motifs is 3. The third kappa shape index (κ3) is 2.37. The number of anilines is 1. The van der Waals surface area contributed by atoms with E-state index in [0.29, 0.717) is 0 Å². The molecule has 2 aromatic rings. The van der Waals surface area contributed by atoms with E-state index in [4.69, 9.17) is 4.74 Å². The topological polar surface area (TPSA) is 73.2 Å². The lowest BCUT2D eigenvalue weighted by atomic mass is 10.1. The second kappa shape index (κ2) is 4.87. The van der Waals surface area contributed by atoms with Crippen LogP contribution in [-0.2, 0) is 20.9 Å². The Morgan fingerprint density at radius 3 is 2.81 bits per heavy atom. The maximum Gasteiger partial charge on any atom is 0.303 e. The molecule has 21 heavy (non-hydrogen) atoms. The number of nitrogens with zero attached hydrogens (tertiary/aromatic N) is 2. The summed E-state index contributed by atoms with van der Waals surface area (Å²) >= 11 is 0. The Morgan fingerprint density at radius 2 is 2.14 bits per heavy atom. The van der Waals surface area contributed by atoms with Crippen molar-refractivity contribution in [1.29, 1.82) is 0 Å². The van der Waals surface area contributed by atoms with Gasteiger partial charge in [0.15, 0.2) is 11.9 Å². The van der Waals surface area contributed by atoms with E-state index in [1.807, 2.05) is 23.6 Å². The molecule has 1 unspecified atom stereocenters. The van der Waals surface area contributed by atoms with Crippen molar-refractivity contribution < 1.29 is 14.3 Å². The minimum Gasteiger partial charge on any atom is -0.454 e. The van der Waals surface area contributed by atoms with Crippen LogP contribution in [0, 0.1) is 6.92 Å². The molecular weight excluding hydrogens is 270 g/mol. The van der Waals surface area contributed by atoms with Gasteiger partial charge in [-0.25, -0.2) is 4.98 Å². The highest BCUT2D eigenvalue weighted by atomic mass is 16.5. The van der Waals surface area contributed by atoms with Crippen LogP contribution < -0.4 is 5.32 Å². The third-order valence-corrected chi connectivity index (χ3v) is 3.65. The standard InChI is InChI=1S/C15H17N3O3/c1-8-6-12-13(7-11(8)16-9(2)19)18-5-4-14(15(18)17-12)21-10(3)20/h6-7,14H,4-5H2,1-3H3,(H,16,19). The number of aryl methyl sites for hydroxylation is 2. The van der Waals surface area contributed by atoms with Gasteiger partial charge in [0.2, 0.25) is 5.91 Å². The summed E-state index contributed by atoms with van der Waals surface area (Å²) in [5.74, 6) is 0.381. The number of benzene rings is 1. The average molecular weight is 287 g/mol. The molecule has 0 saturated carbocycles. The molecule has 1 atom stereocenters. The van der Waals surface area contributed by atoms with Gasteiger partial charge in [0.25, 0.3) is 0 Å². The minimum absolute atomic E-state index is 0.101. The Morgan fingerprint density at radius 1 is 1.38 bits per heavy atom. The van der Waals surface area contributed by atoms with Crippen LogP contribution in [0.15, 0.2) is 12.1 Å². The number of nitrogens with one attached hydrogen (secondary N) is 1. The third-order valence-electron chi connectivity index (χ3n) is 3.65. The van der Waals surface area contributed by atoms with Crippen LogP contribution in [-0.4, -0.2) is 21.4 Å². The molecule has 1 aliphatic heterocycles. The first kappa shape index (κ1) is 13.6. The van der Waals surface area contributed by atoms with E-state index in [2.05, 4.69) is 10.3 Å². The number of imidazole rings is 1. The summed E-state index contributed by atoms with van der Waals surface area (Å²) in [5, 5.41) is 2.82. The molecule has 0 spiro atoms.